The molecule has 0 N–H and O–H groups in total. The number of rotatable bonds is 6. The highest BCUT2D eigenvalue weighted by atomic mass is 32.2. The minimum Gasteiger partial charge on any atom is -0.368 e. The van der Waals surface area contributed by atoms with E-state index in [-0.39, 0.29) is 9.79 Å². The van der Waals surface area contributed by atoms with E-state index in [4.69, 9.17) is 0 Å². The Morgan fingerprint density at radius 2 is 1.42 bits per heavy atom. The van der Waals surface area contributed by atoms with Crippen LogP contribution in [-0.4, -0.2) is 29.9 Å². The third kappa shape index (κ3) is 3.64. The quantitative estimate of drug-likeness (QED) is 0.519. The summed E-state index contributed by atoms with van der Waals surface area (Å²) < 4.78 is 68.0. The van der Waals surface area contributed by atoms with Crippen LogP contribution in [0.15, 0.2) is 86.3 Å². The topological polar surface area (TPSA) is 71.3 Å². The number of hydrogen-bond acceptors (Lipinski definition) is 5. The predicted molar refractivity (Wildman–Crippen MR) is 114 cm³/mol. The van der Waals surface area contributed by atoms with Crippen molar-refractivity contribution in [3.63, 3.8) is 0 Å². The lowest BCUT2D eigenvalue weighted by atomic mass is 10.1. The molecule has 1 heterocycles. The van der Waals surface area contributed by atoms with E-state index in [0.717, 1.165) is 43.6 Å². The van der Waals surface area contributed by atoms with E-state index in [1.165, 1.54) is 36.4 Å². The summed E-state index contributed by atoms with van der Waals surface area (Å²) in [6.45, 7) is 1.52. The van der Waals surface area contributed by atoms with Crippen molar-refractivity contribution in [1.29, 1.82) is 0 Å². The van der Waals surface area contributed by atoms with Gasteiger partial charge in [-0.05, 0) is 66.8 Å². The normalized spacial score (nSPS) is 16.4. The van der Waals surface area contributed by atoms with Gasteiger partial charge in [-0.2, -0.15) is 0 Å². The van der Waals surface area contributed by atoms with Gasteiger partial charge in [-0.25, -0.2) is 21.2 Å². The number of anilines is 1. The molecule has 0 bridgehead atoms. The van der Waals surface area contributed by atoms with Crippen molar-refractivity contribution in [3.8, 4) is 0 Å². The molecule has 1 aliphatic heterocycles. The van der Waals surface area contributed by atoms with Crippen LogP contribution in [0.3, 0.4) is 0 Å². The fourth-order valence-electron chi connectivity index (χ4n) is 3.68. The first-order valence-corrected chi connectivity index (χ1v) is 13.0. The molecule has 2 fully saturated rings. The van der Waals surface area contributed by atoms with Crippen LogP contribution in [0.2, 0.25) is 0 Å². The fourth-order valence-corrected chi connectivity index (χ4v) is 7.08. The Morgan fingerprint density at radius 1 is 0.742 bits per heavy atom. The Balaban J connectivity index is 1.67. The van der Waals surface area contributed by atoms with E-state index in [2.05, 4.69) is 0 Å². The summed E-state index contributed by atoms with van der Waals surface area (Å²) in [6.07, 6.45) is 2.18. The molecule has 2 aliphatic rings. The molecule has 0 radical (unpaired) electrons. The molecule has 31 heavy (non-hydrogen) atoms. The molecule has 3 aromatic carbocycles. The van der Waals surface area contributed by atoms with Crippen LogP contribution in [0.25, 0.3) is 0 Å². The molecular weight excluding hydrogens is 437 g/mol. The molecule has 0 unspecified atom stereocenters. The maximum atomic E-state index is 14.4. The van der Waals surface area contributed by atoms with Crippen LogP contribution in [0.5, 0.6) is 0 Å². The standard InChI is InChI=1S/C23H20FNO4S2/c24-20-3-1-2-4-21(20)31(28,29)23-15-18(25-13-14-25)9-12-22(23)30(26,27)19-10-7-17(8-11-19)16-5-6-16/h1-4,7-12,15-16H,5-6,13-14H2. The molecule has 8 heteroatoms. The van der Waals surface area contributed by atoms with Gasteiger partial charge in [-0.1, -0.05) is 24.3 Å². The molecule has 3 aromatic rings. The maximum Gasteiger partial charge on any atom is 0.210 e. The molecule has 1 saturated heterocycles. The van der Waals surface area contributed by atoms with E-state index in [0.29, 0.717) is 11.6 Å². The number of nitrogens with zero attached hydrogens (tertiary/aromatic N) is 1. The third-order valence-electron chi connectivity index (χ3n) is 5.68. The van der Waals surface area contributed by atoms with Crippen molar-refractivity contribution in [2.75, 3.05) is 18.0 Å². The van der Waals surface area contributed by atoms with E-state index in [9.17, 15) is 21.2 Å². The van der Waals surface area contributed by atoms with Crippen molar-refractivity contribution in [2.45, 2.75) is 38.3 Å². The summed E-state index contributed by atoms with van der Waals surface area (Å²) in [4.78, 5) is 0.620. The average Bonchev–Trinajstić information content (AvgIpc) is 3.66. The van der Waals surface area contributed by atoms with E-state index in [1.807, 2.05) is 4.90 Å². The lowest BCUT2D eigenvalue weighted by Gasteiger charge is -2.15. The van der Waals surface area contributed by atoms with E-state index >= 15 is 0 Å². The second-order valence-corrected chi connectivity index (χ2v) is 11.7. The number of hydrogen-bond donors (Lipinski definition) is 0. The van der Waals surface area contributed by atoms with Gasteiger partial charge in [0.1, 0.15) is 10.7 Å². The molecule has 0 atom stereocenters. The van der Waals surface area contributed by atoms with Gasteiger partial charge >= 0.3 is 0 Å². The van der Waals surface area contributed by atoms with Gasteiger partial charge in [0, 0.05) is 18.8 Å². The highest BCUT2D eigenvalue weighted by Gasteiger charge is 2.33. The van der Waals surface area contributed by atoms with Crippen molar-refractivity contribution >= 4 is 25.4 Å². The van der Waals surface area contributed by atoms with Crippen molar-refractivity contribution in [2.24, 2.45) is 0 Å². The lowest BCUT2D eigenvalue weighted by molar-refractivity contribution is 0.562. The smallest absolute Gasteiger partial charge is 0.210 e. The highest BCUT2D eigenvalue weighted by molar-refractivity contribution is 7.94. The SMILES string of the molecule is O=S(=O)(c1ccc(C2CC2)cc1)c1ccc(N2CC2)cc1S(=O)(=O)c1ccccc1F. The summed E-state index contributed by atoms with van der Waals surface area (Å²) in [5.74, 6) is -0.447. The first-order chi connectivity index (χ1) is 14.8. The van der Waals surface area contributed by atoms with Crippen LogP contribution in [-0.2, 0) is 19.7 Å². The minimum atomic E-state index is -4.41. The van der Waals surface area contributed by atoms with Gasteiger partial charge in [-0.15, -0.1) is 0 Å². The summed E-state index contributed by atoms with van der Waals surface area (Å²) in [5.41, 5.74) is 1.67. The van der Waals surface area contributed by atoms with E-state index in [1.54, 1.807) is 18.2 Å². The zero-order chi connectivity index (χ0) is 21.8. The second-order valence-electron chi connectivity index (χ2n) is 7.90. The summed E-state index contributed by atoms with van der Waals surface area (Å²) in [7, 11) is -8.55. The van der Waals surface area contributed by atoms with Crippen molar-refractivity contribution in [1.82, 2.24) is 0 Å². The number of benzene rings is 3. The second kappa shape index (κ2) is 7.17. The third-order valence-corrected chi connectivity index (χ3v) is 9.47. The van der Waals surface area contributed by atoms with Gasteiger partial charge in [0.25, 0.3) is 0 Å². The summed E-state index contributed by atoms with van der Waals surface area (Å²) in [6, 6.07) is 15.8. The molecule has 1 aliphatic carbocycles. The summed E-state index contributed by atoms with van der Waals surface area (Å²) in [5, 5.41) is 0. The van der Waals surface area contributed by atoms with Crippen LogP contribution < -0.4 is 4.90 Å². The maximum absolute atomic E-state index is 14.4. The Morgan fingerprint density at radius 3 is 2.03 bits per heavy atom. The lowest BCUT2D eigenvalue weighted by Crippen LogP contribution is -2.13. The molecule has 5 nitrogen and oxygen atoms in total. The Hall–Kier alpha value is -2.71. The minimum absolute atomic E-state index is 0.0151. The fraction of sp³-hybridized carbons (Fsp3) is 0.217. The highest BCUT2D eigenvalue weighted by Crippen LogP contribution is 2.41. The van der Waals surface area contributed by atoms with Crippen molar-refractivity contribution < 1.29 is 21.2 Å². The van der Waals surface area contributed by atoms with Gasteiger partial charge < -0.3 is 4.90 Å². The molecular formula is C23H20FNO4S2. The molecule has 0 amide bonds. The molecule has 160 valence electrons. The first-order valence-electron chi connectivity index (χ1n) is 10.0. The van der Waals surface area contributed by atoms with E-state index < -0.39 is 35.3 Å². The van der Waals surface area contributed by atoms with Crippen molar-refractivity contribution in [3.05, 3.63) is 78.1 Å². The van der Waals surface area contributed by atoms with Gasteiger partial charge in [-0.3, -0.25) is 0 Å². The molecule has 1 saturated carbocycles. The Kier molecular flexibility index (Phi) is 4.67. The Labute approximate surface area is 181 Å². The number of halogens is 1. The van der Waals surface area contributed by atoms with Gasteiger partial charge in [0.15, 0.2) is 0 Å². The largest absolute Gasteiger partial charge is 0.368 e. The molecule has 5 rings (SSSR count). The zero-order valence-electron chi connectivity index (χ0n) is 16.5. The summed E-state index contributed by atoms with van der Waals surface area (Å²) >= 11 is 0. The van der Waals surface area contributed by atoms with Crippen LogP contribution in [0.4, 0.5) is 10.1 Å². The van der Waals surface area contributed by atoms with Crippen LogP contribution >= 0.6 is 0 Å². The Bertz CT molecular complexity index is 1380. The molecule has 0 spiro atoms. The monoisotopic (exact) mass is 457 g/mol. The predicted octanol–water partition coefficient (Wildman–Crippen LogP) is 4.19. The van der Waals surface area contributed by atoms with Crippen LogP contribution in [0.1, 0.15) is 24.3 Å². The molecule has 0 aromatic heterocycles. The van der Waals surface area contributed by atoms with Gasteiger partial charge in [0.05, 0.1) is 14.7 Å². The van der Waals surface area contributed by atoms with Gasteiger partial charge in [0.2, 0.25) is 19.7 Å². The number of sulfone groups is 2. The first kappa shape index (κ1) is 20.2. The van der Waals surface area contributed by atoms with Crippen LogP contribution in [0, 0.1) is 5.82 Å². The average molecular weight is 458 g/mol. The zero-order valence-corrected chi connectivity index (χ0v) is 18.2.